The van der Waals surface area contributed by atoms with Crippen LogP contribution in [0.15, 0.2) is 11.6 Å². The largest absolute Gasteiger partial charge is 0.310 e. The van der Waals surface area contributed by atoms with Gasteiger partial charge >= 0.3 is 0 Å². The van der Waals surface area contributed by atoms with Gasteiger partial charge in [-0.05, 0) is 46.8 Å². The molecule has 0 rings (SSSR count). The molecule has 0 fully saturated rings. The van der Waals surface area contributed by atoms with Crippen molar-refractivity contribution in [2.45, 2.75) is 61.8 Å². The zero-order valence-electron chi connectivity index (χ0n) is 13.4. The first-order valence-electron chi connectivity index (χ1n) is 6.34. The average molecular weight is 229 g/mol. The van der Waals surface area contributed by atoms with Crippen LogP contribution < -0.4 is 0 Å². The molecule has 0 amide bonds. The van der Waals surface area contributed by atoms with Crippen molar-refractivity contribution in [3.05, 3.63) is 11.6 Å². The molecule has 0 aliphatic heterocycles. The SMILES string of the molecule is CC=C(C)C.CCC(C)(C)C.CCN(C)C. The van der Waals surface area contributed by atoms with Gasteiger partial charge in [-0.25, -0.2) is 0 Å². The normalized spacial score (nSPS) is 9.69. The minimum absolute atomic E-state index is 0.542. The Bertz CT molecular complexity index is 145. The van der Waals surface area contributed by atoms with Crippen molar-refractivity contribution in [3.8, 4) is 0 Å². The number of hydrogen-bond acceptors (Lipinski definition) is 1. The Morgan fingerprint density at radius 3 is 1.25 bits per heavy atom. The van der Waals surface area contributed by atoms with Crippen molar-refractivity contribution in [2.24, 2.45) is 5.41 Å². The summed E-state index contributed by atoms with van der Waals surface area (Å²) in [5.74, 6) is 0. The third-order valence-corrected chi connectivity index (χ3v) is 2.27. The summed E-state index contributed by atoms with van der Waals surface area (Å²) < 4.78 is 0. The van der Waals surface area contributed by atoms with Crippen LogP contribution in [0.25, 0.3) is 0 Å². The maximum absolute atomic E-state index is 2.24. The van der Waals surface area contributed by atoms with Crippen LogP contribution in [0, 0.1) is 5.41 Å². The third-order valence-electron chi connectivity index (χ3n) is 2.27. The lowest BCUT2D eigenvalue weighted by Gasteiger charge is -2.12. The summed E-state index contributed by atoms with van der Waals surface area (Å²) in [5.41, 5.74) is 1.92. The van der Waals surface area contributed by atoms with Crippen LogP contribution >= 0.6 is 0 Å². The number of nitrogens with zero attached hydrogens (tertiary/aromatic N) is 1. The van der Waals surface area contributed by atoms with E-state index in [1.807, 2.05) is 6.92 Å². The van der Waals surface area contributed by atoms with E-state index in [1.54, 1.807) is 0 Å². The maximum Gasteiger partial charge on any atom is -0.00533 e. The predicted octanol–water partition coefficient (Wildman–Crippen LogP) is 4.98. The second-order valence-corrected chi connectivity index (χ2v) is 5.68. The van der Waals surface area contributed by atoms with E-state index in [9.17, 15) is 0 Å². The molecule has 0 aliphatic rings. The zero-order chi connectivity index (χ0) is 13.8. The van der Waals surface area contributed by atoms with Gasteiger partial charge in [0.25, 0.3) is 0 Å². The zero-order valence-corrected chi connectivity index (χ0v) is 13.4. The quantitative estimate of drug-likeness (QED) is 0.573. The van der Waals surface area contributed by atoms with Crippen molar-refractivity contribution < 1.29 is 0 Å². The number of rotatable bonds is 1. The van der Waals surface area contributed by atoms with Crippen molar-refractivity contribution in [1.82, 2.24) is 4.90 Å². The standard InChI is InChI=1S/C6H14.C5H10.C4H11N/c1-5-6(2,3)4;2*1-4-5(2)3/h5H2,1-4H3;4H,1-3H3;4H2,1-3H3. The van der Waals surface area contributed by atoms with Crippen molar-refractivity contribution in [2.75, 3.05) is 20.6 Å². The summed E-state index contributed by atoms with van der Waals surface area (Å²) in [6.07, 6.45) is 3.35. The molecule has 0 saturated heterocycles. The van der Waals surface area contributed by atoms with Gasteiger partial charge < -0.3 is 4.90 Å². The van der Waals surface area contributed by atoms with Crippen LogP contribution in [0.3, 0.4) is 0 Å². The molecule has 0 bridgehead atoms. The highest BCUT2D eigenvalue weighted by atomic mass is 15.0. The maximum atomic E-state index is 2.24. The van der Waals surface area contributed by atoms with Gasteiger partial charge in [-0.1, -0.05) is 52.7 Å². The highest BCUT2D eigenvalue weighted by molar-refractivity contribution is 4.88. The molecule has 1 heteroatoms. The summed E-state index contributed by atoms with van der Waals surface area (Å²) in [4.78, 5) is 2.12. The molecule has 16 heavy (non-hydrogen) atoms. The molecule has 1 nitrogen and oxygen atoms in total. The highest BCUT2D eigenvalue weighted by Crippen LogP contribution is 2.16. The molecule has 0 aromatic carbocycles. The Labute approximate surface area is 105 Å². The van der Waals surface area contributed by atoms with Crippen molar-refractivity contribution >= 4 is 0 Å². The molecule has 0 saturated carbocycles. The van der Waals surface area contributed by atoms with Crippen LogP contribution in [0.2, 0.25) is 0 Å². The van der Waals surface area contributed by atoms with Crippen LogP contribution in [0.1, 0.15) is 61.8 Å². The molecular weight excluding hydrogens is 194 g/mol. The van der Waals surface area contributed by atoms with Crippen LogP contribution in [0.5, 0.6) is 0 Å². The molecule has 0 atom stereocenters. The van der Waals surface area contributed by atoms with E-state index in [1.165, 1.54) is 12.0 Å². The lowest BCUT2D eigenvalue weighted by Crippen LogP contribution is -2.08. The van der Waals surface area contributed by atoms with Crippen molar-refractivity contribution in [1.29, 1.82) is 0 Å². The van der Waals surface area contributed by atoms with E-state index < -0.39 is 0 Å². The first-order valence-corrected chi connectivity index (χ1v) is 6.34. The second-order valence-electron chi connectivity index (χ2n) is 5.68. The average Bonchev–Trinajstić information content (AvgIpc) is 2.18. The van der Waals surface area contributed by atoms with Crippen molar-refractivity contribution in [3.63, 3.8) is 0 Å². The van der Waals surface area contributed by atoms with E-state index in [0.717, 1.165) is 6.54 Å². The molecular formula is C15H35N. The fraction of sp³-hybridized carbons (Fsp3) is 0.867. The first-order chi connectivity index (χ1) is 7.10. The topological polar surface area (TPSA) is 3.24 Å². The van der Waals surface area contributed by atoms with Gasteiger partial charge in [0.15, 0.2) is 0 Å². The number of hydrogen-bond donors (Lipinski definition) is 0. The van der Waals surface area contributed by atoms with Gasteiger partial charge in [-0.15, -0.1) is 0 Å². The van der Waals surface area contributed by atoms with E-state index in [0.29, 0.717) is 5.41 Å². The molecule has 0 unspecified atom stereocenters. The Kier molecular flexibility index (Phi) is 16.8. The lowest BCUT2D eigenvalue weighted by molar-refractivity contribution is 0.398. The van der Waals surface area contributed by atoms with Gasteiger partial charge in [0.05, 0.1) is 0 Å². The minimum atomic E-state index is 0.542. The van der Waals surface area contributed by atoms with E-state index in [2.05, 4.69) is 73.5 Å². The number of allylic oxidation sites excluding steroid dienone is 2. The van der Waals surface area contributed by atoms with Gasteiger partial charge in [0.2, 0.25) is 0 Å². The van der Waals surface area contributed by atoms with Gasteiger partial charge in [0.1, 0.15) is 0 Å². The molecule has 0 aromatic heterocycles. The van der Waals surface area contributed by atoms with Gasteiger partial charge in [0, 0.05) is 0 Å². The molecule has 0 aromatic rings. The minimum Gasteiger partial charge on any atom is -0.310 e. The van der Waals surface area contributed by atoms with E-state index >= 15 is 0 Å². The Morgan fingerprint density at radius 2 is 1.25 bits per heavy atom. The van der Waals surface area contributed by atoms with Crippen LogP contribution in [0.4, 0.5) is 0 Å². The fourth-order valence-corrected chi connectivity index (χ4v) is 0. The summed E-state index contributed by atoms with van der Waals surface area (Å²) in [7, 11) is 4.11. The van der Waals surface area contributed by atoms with Gasteiger partial charge in [-0.2, -0.15) is 0 Å². The summed E-state index contributed by atoms with van der Waals surface area (Å²) in [6, 6.07) is 0. The second kappa shape index (κ2) is 12.8. The summed E-state index contributed by atoms with van der Waals surface area (Å²) in [6.45, 7) is 18.4. The molecule has 0 spiro atoms. The van der Waals surface area contributed by atoms with E-state index in [-0.39, 0.29) is 0 Å². The first kappa shape index (κ1) is 21.0. The molecule has 0 N–H and O–H groups in total. The molecule has 0 aliphatic carbocycles. The van der Waals surface area contributed by atoms with E-state index in [4.69, 9.17) is 0 Å². The molecule has 100 valence electrons. The smallest absolute Gasteiger partial charge is 0.00533 e. The highest BCUT2D eigenvalue weighted by Gasteiger charge is 2.03. The summed E-state index contributed by atoms with van der Waals surface area (Å²) >= 11 is 0. The predicted molar refractivity (Wildman–Crippen MR) is 79.1 cm³/mol. The van der Waals surface area contributed by atoms with Gasteiger partial charge in [-0.3, -0.25) is 0 Å². The third kappa shape index (κ3) is 49.2. The Morgan fingerprint density at radius 1 is 1.06 bits per heavy atom. The monoisotopic (exact) mass is 229 g/mol. The lowest BCUT2D eigenvalue weighted by atomic mass is 9.94. The van der Waals surface area contributed by atoms with Crippen LogP contribution in [-0.2, 0) is 0 Å². The Hall–Kier alpha value is -0.300. The summed E-state index contributed by atoms with van der Waals surface area (Å²) in [5, 5.41) is 0. The molecule has 0 heterocycles. The van der Waals surface area contributed by atoms with Crippen LogP contribution in [-0.4, -0.2) is 25.5 Å². The fourth-order valence-electron chi connectivity index (χ4n) is 0. The molecule has 0 radical (unpaired) electrons. The Balaban J connectivity index is -0.000000160.